The van der Waals surface area contributed by atoms with Gasteiger partial charge in [0.25, 0.3) is 0 Å². The summed E-state index contributed by atoms with van der Waals surface area (Å²) in [7, 11) is -3.64. The van der Waals surface area contributed by atoms with Crippen molar-refractivity contribution in [3.05, 3.63) is 59.9 Å². The van der Waals surface area contributed by atoms with Crippen LogP contribution in [0.2, 0.25) is 0 Å². The molecule has 0 radical (unpaired) electrons. The molecule has 2 N–H and O–H groups in total. The SMILES string of the molecule is O=C(O)c1ccncc1NS(=O)(=O)CCc1ccccc1. The lowest BCUT2D eigenvalue weighted by Crippen LogP contribution is -2.20. The molecule has 0 aliphatic rings. The summed E-state index contributed by atoms with van der Waals surface area (Å²) in [4.78, 5) is 14.8. The molecule has 0 unspecified atom stereocenters. The van der Waals surface area contributed by atoms with Crippen LogP contribution in [-0.2, 0) is 16.4 Å². The number of carbonyl (C=O) groups is 1. The van der Waals surface area contributed by atoms with Crippen LogP contribution in [0.5, 0.6) is 0 Å². The van der Waals surface area contributed by atoms with E-state index < -0.39 is 16.0 Å². The third-order valence-corrected chi connectivity index (χ3v) is 4.09. The lowest BCUT2D eigenvalue weighted by atomic mass is 10.2. The van der Waals surface area contributed by atoms with Crippen molar-refractivity contribution in [1.82, 2.24) is 4.98 Å². The maximum absolute atomic E-state index is 12.0. The van der Waals surface area contributed by atoms with Crippen molar-refractivity contribution in [2.75, 3.05) is 10.5 Å². The summed E-state index contributed by atoms with van der Waals surface area (Å²) in [6.45, 7) is 0. The van der Waals surface area contributed by atoms with E-state index in [1.54, 1.807) is 0 Å². The predicted octanol–water partition coefficient (Wildman–Crippen LogP) is 1.76. The Kier molecular flexibility index (Phi) is 4.54. The Bertz CT molecular complexity index is 730. The maximum atomic E-state index is 12.0. The van der Waals surface area contributed by atoms with Gasteiger partial charge in [0.2, 0.25) is 10.0 Å². The van der Waals surface area contributed by atoms with Crippen LogP contribution in [0.4, 0.5) is 5.69 Å². The van der Waals surface area contributed by atoms with Crippen LogP contribution in [0.25, 0.3) is 0 Å². The topological polar surface area (TPSA) is 96.4 Å². The lowest BCUT2D eigenvalue weighted by molar-refractivity contribution is 0.0698. The van der Waals surface area contributed by atoms with Gasteiger partial charge in [-0.15, -0.1) is 0 Å². The first-order chi connectivity index (χ1) is 9.98. The second kappa shape index (κ2) is 6.36. The molecule has 0 amide bonds. The summed E-state index contributed by atoms with van der Waals surface area (Å²) in [5, 5.41) is 9.01. The van der Waals surface area contributed by atoms with Crippen LogP contribution >= 0.6 is 0 Å². The molecule has 0 saturated heterocycles. The standard InChI is InChI=1S/C14H14N2O4S/c17-14(18)12-6-8-15-10-13(12)16-21(19,20)9-7-11-4-2-1-3-5-11/h1-6,8,10,16H,7,9H2,(H,17,18). The van der Waals surface area contributed by atoms with Crippen molar-refractivity contribution in [3.63, 3.8) is 0 Å². The Labute approximate surface area is 122 Å². The summed E-state index contributed by atoms with van der Waals surface area (Å²) in [6.07, 6.45) is 2.83. The third-order valence-electron chi connectivity index (χ3n) is 2.82. The number of benzene rings is 1. The highest BCUT2D eigenvalue weighted by atomic mass is 32.2. The first-order valence-corrected chi connectivity index (χ1v) is 7.85. The van der Waals surface area contributed by atoms with Crippen molar-refractivity contribution in [3.8, 4) is 0 Å². The highest BCUT2D eigenvalue weighted by Crippen LogP contribution is 2.15. The smallest absolute Gasteiger partial charge is 0.337 e. The van der Waals surface area contributed by atoms with E-state index in [9.17, 15) is 13.2 Å². The van der Waals surface area contributed by atoms with E-state index >= 15 is 0 Å². The number of nitrogens with zero attached hydrogens (tertiary/aromatic N) is 1. The summed E-state index contributed by atoms with van der Waals surface area (Å²) in [6, 6.07) is 10.4. The van der Waals surface area contributed by atoms with Crippen LogP contribution in [0.15, 0.2) is 48.8 Å². The van der Waals surface area contributed by atoms with Crippen molar-refractivity contribution >= 4 is 21.7 Å². The number of aryl methyl sites for hydroxylation is 1. The Balaban J connectivity index is 2.10. The van der Waals surface area contributed by atoms with Gasteiger partial charge in [0.05, 0.1) is 23.2 Å². The minimum atomic E-state index is -3.64. The molecule has 0 atom stereocenters. The number of hydrogen-bond donors (Lipinski definition) is 2. The molecule has 6 nitrogen and oxygen atoms in total. The first-order valence-electron chi connectivity index (χ1n) is 6.20. The number of anilines is 1. The zero-order chi connectivity index (χ0) is 15.3. The zero-order valence-electron chi connectivity index (χ0n) is 11.1. The molecular formula is C14H14N2O4S. The predicted molar refractivity (Wildman–Crippen MR) is 78.8 cm³/mol. The maximum Gasteiger partial charge on any atom is 0.337 e. The Morgan fingerprint density at radius 3 is 2.57 bits per heavy atom. The largest absolute Gasteiger partial charge is 0.478 e. The molecule has 21 heavy (non-hydrogen) atoms. The molecule has 1 heterocycles. The second-order valence-corrected chi connectivity index (χ2v) is 6.22. The van der Waals surface area contributed by atoms with Crippen LogP contribution in [-0.4, -0.2) is 30.2 Å². The van der Waals surface area contributed by atoms with Crippen LogP contribution < -0.4 is 4.72 Å². The number of pyridine rings is 1. The van der Waals surface area contributed by atoms with Gasteiger partial charge in [-0.3, -0.25) is 9.71 Å². The van der Waals surface area contributed by atoms with Gasteiger partial charge in [0.1, 0.15) is 0 Å². The van der Waals surface area contributed by atoms with Crippen molar-refractivity contribution in [1.29, 1.82) is 0 Å². The number of hydrogen-bond acceptors (Lipinski definition) is 4. The molecule has 7 heteroatoms. The van der Waals surface area contributed by atoms with Crippen molar-refractivity contribution < 1.29 is 18.3 Å². The molecule has 0 aliphatic carbocycles. The van der Waals surface area contributed by atoms with E-state index in [4.69, 9.17) is 5.11 Å². The molecule has 0 fully saturated rings. The zero-order valence-corrected chi connectivity index (χ0v) is 11.9. The van der Waals surface area contributed by atoms with E-state index in [1.807, 2.05) is 30.3 Å². The van der Waals surface area contributed by atoms with Crippen molar-refractivity contribution in [2.45, 2.75) is 6.42 Å². The fraction of sp³-hybridized carbons (Fsp3) is 0.143. The summed E-state index contributed by atoms with van der Waals surface area (Å²) in [5.74, 6) is -1.34. The number of carboxylic acids is 1. The van der Waals surface area contributed by atoms with Gasteiger partial charge in [0.15, 0.2) is 0 Å². The lowest BCUT2D eigenvalue weighted by Gasteiger charge is -2.09. The van der Waals surface area contributed by atoms with E-state index in [0.717, 1.165) is 5.56 Å². The summed E-state index contributed by atoms with van der Waals surface area (Å²) < 4.78 is 26.3. The normalized spacial score (nSPS) is 11.0. The highest BCUT2D eigenvalue weighted by Gasteiger charge is 2.16. The van der Waals surface area contributed by atoms with Crippen molar-refractivity contribution in [2.24, 2.45) is 0 Å². The number of nitrogens with one attached hydrogen (secondary N) is 1. The molecule has 2 aromatic rings. The van der Waals surface area contributed by atoms with Gasteiger partial charge >= 0.3 is 5.97 Å². The first kappa shape index (κ1) is 15.0. The van der Waals surface area contributed by atoms with Gasteiger partial charge in [0, 0.05) is 6.20 Å². The number of carboxylic acid groups (broad SMARTS) is 1. The second-order valence-electron chi connectivity index (χ2n) is 4.38. The minimum Gasteiger partial charge on any atom is -0.478 e. The average Bonchev–Trinajstić information content (AvgIpc) is 2.46. The van der Waals surface area contributed by atoms with Crippen LogP contribution in [0.1, 0.15) is 15.9 Å². The van der Waals surface area contributed by atoms with Crippen LogP contribution in [0, 0.1) is 0 Å². The van der Waals surface area contributed by atoms with Crippen LogP contribution in [0.3, 0.4) is 0 Å². The Morgan fingerprint density at radius 2 is 1.90 bits per heavy atom. The number of aromatic nitrogens is 1. The molecule has 1 aromatic carbocycles. The fourth-order valence-electron chi connectivity index (χ4n) is 1.78. The average molecular weight is 306 g/mol. The molecule has 0 aliphatic heterocycles. The number of rotatable bonds is 6. The molecule has 1 aromatic heterocycles. The monoisotopic (exact) mass is 306 g/mol. The van der Waals surface area contributed by atoms with Gasteiger partial charge < -0.3 is 5.11 Å². The molecule has 2 rings (SSSR count). The van der Waals surface area contributed by atoms with Gasteiger partial charge in [-0.1, -0.05) is 30.3 Å². The molecule has 0 bridgehead atoms. The van der Waals surface area contributed by atoms with Gasteiger partial charge in [-0.25, -0.2) is 13.2 Å². The van der Waals surface area contributed by atoms with E-state index in [0.29, 0.717) is 6.42 Å². The molecular weight excluding hydrogens is 292 g/mol. The highest BCUT2D eigenvalue weighted by molar-refractivity contribution is 7.92. The Hall–Kier alpha value is -2.41. The molecule has 110 valence electrons. The van der Waals surface area contributed by atoms with E-state index in [1.165, 1.54) is 18.5 Å². The minimum absolute atomic E-state index is 0.0296. The third kappa shape index (κ3) is 4.28. The fourth-order valence-corrected chi connectivity index (χ4v) is 2.88. The van der Waals surface area contributed by atoms with Gasteiger partial charge in [-0.05, 0) is 18.1 Å². The quantitative estimate of drug-likeness (QED) is 0.847. The van der Waals surface area contributed by atoms with E-state index in [-0.39, 0.29) is 17.0 Å². The number of aromatic carboxylic acids is 1. The van der Waals surface area contributed by atoms with Gasteiger partial charge in [-0.2, -0.15) is 0 Å². The molecule has 0 saturated carbocycles. The molecule has 0 spiro atoms. The Morgan fingerprint density at radius 1 is 1.19 bits per heavy atom. The van der Waals surface area contributed by atoms with E-state index in [2.05, 4.69) is 9.71 Å². The summed E-state index contributed by atoms with van der Waals surface area (Å²) >= 11 is 0. The summed E-state index contributed by atoms with van der Waals surface area (Å²) in [5.41, 5.74) is 0.735. The number of sulfonamides is 1.